The summed E-state index contributed by atoms with van der Waals surface area (Å²) in [5.74, 6) is 2.22. The first-order valence-electron chi connectivity index (χ1n) is 6.47. The number of hydrogen-bond acceptors (Lipinski definition) is 5. The zero-order valence-electron chi connectivity index (χ0n) is 11.3. The maximum Gasteiger partial charge on any atom is 0.231 e. The molecule has 0 saturated carbocycles. The van der Waals surface area contributed by atoms with Gasteiger partial charge in [-0.2, -0.15) is 0 Å². The Hall–Kier alpha value is -2.27. The maximum absolute atomic E-state index is 5.73. The lowest BCUT2D eigenvalue weighted by atomic mass is 10.3. The average molecular weight is 272 g/mol. The summed E-state index contributed by atoms with van der Waals surface area (Å²) in [5, 5.41) is 3.08. The van der Waals surface area contributed by atoms with Gasteiger partial charge in [-0.25, -0.2) is 0 Å². The second-order valence-electron chi connectivity index (χ2n) is 4.45. The summed E-state index contributed by atoms with van der Waals surface area (Å²) in [4.78, 5) is 4.51. The number of ether oxygens (including phenoxy) is 3. The van der Waals surface area contributed by atoms with Crippen molar-refractivity contribution >= 4 is 0 Å². The Bertz CT molecular complexity index is 601. The highest BCUT2D eigenvalue weighted by atomic mass is 16.7. The van der Waals surface area contributed by atoms with Gasteiger partial charge in [0.2, 0.25) is 6.79 Å². The molecule has 20 heavy (non-hydrogen) atoms. The minimum atomic E-state index is 0.270. The highest BCUT2D eigenvalue weighted by molar-refractivity contribution is 5.46. The highest BCUT2D eigenvalue weighted by Crippen LogP contribution is 2.35. The molecule has 0 fully saturated rings. The first kappa shape index (κ1) is 12.7. The molecule has 5 nitrogen and oxygen atoms in total. The second kappa shape index (κ2) is 5.79. The van der Waals surface area contributed by atoms with Crippen LogP contribution in [-0.4, -0.2) is 18.8 Å². The van der Waals surface area contributed by atoms with E-state index in [-0.39, 0.29) is 6.79 Å². The number of pyridine rings is 1. The third kappa shape index (κ3) is 2.83. The monoisotopic (exact) mass is 272 g/mol. The zero-order valence-corrected chi connectivity index (χ0v) is 11.3. The Kier molecular flexibility index (Phi) is 3.69. The molecule has 1 aromatic heterocycles. The number of fused-ring (bicyclic) bond motifs is 1. The Labute approximate surface area is 117 Å². The van der Waals surface area contributed by atoms with Crippen molar-refractivity contribution in [3.8, 4) is 17.2 Å². The van der Waals surface area contributed by atoms with Crippen molar-refractivity contribution in [1.29, 1.82) is 0 Å². The summed E-state index contributed by atoms with van der Waals surface area (Å²) in [6, 6.07) is 11.5. The molecule has 2 heterocycles. The molecule has 1 N–H and O–H groups in total. The third-order valence-corrected chi connectivity index (χ3v) is 2.95. The molecule has 1 aromatic carbocycles. The molecule has 1 aliphatic heterocycles. The van der Waals surface area contributed by atoms with Gasteiger partial charge < -0.3 is 19.5 Å². The minimum Gasteiger partial charge on any atom is -0.487 e. The topological polar surface area (TPSA) is 52.6 Å². The SMILES string of the molecule is CNCc1cccc(COc2ccc3c(c2)OCO3)n1. The van der Waals surface area contributed by atoms with Crippen LogP contribution in [0.2, 0.25) is 0 Å². The summed E-state index contributed by atoms with van der Waals surface area (Å²) in [7, 11) is 1.90. The van der Waals surface area contributed by atoms with Crippen LogP contribution in [0.1, 0.15) is 11.4 Å². The number of rotatable bonds is 5. The predicted octanol–water partition coefficient (Wildman–Crippen LogP) is 2.11. The van der Waals surface area contributed by atoms with E-state index in [1.54, 1.807) is 0 Å². The lowest BCUT2D eigenvalue weighted by Gasteiger charge is -2.08. The molecular weight excluding hydrogens is 256 g/mol. The van der Waals surface area contributed by atoms with Crippen molar-refractivity contribution in [1.82, 2.24) is 10.3 Å². The van der Waals surface area contributed by atoms with Gasteiger partial charge in [-0.05, 0) is 31.3 Å². The molecule has 5 heteroatoms. The molecule has 0 atom stereocenters. The lowest BCUT2D eigenvalue weighted by Crippen LogP contribution is -2.08. The molecule has 0 saturated heterocycles. The van der Waals surface area contributed by atoms with E-state index in [9.17, 15) is 0 Å². The van der Waals surface area contributed by atoms with Crippen molar-refractivity contribution in [2.75, 3.05) is 13.8 Å². The fraction of sp³-hybridized carbons (Fsp3) is 0.267. The molecule has 0 unspecified atom stereocenters. The Morgan fingerprint density at radius 1 is 1.15 bits per heavy atom. The van der Waals surface area contributed by atoms with Crippen LogP contribution in [0, 0.1) is 0 Å². The van der Waals surface area contributed by atoms with E-state index >= 15 is 0 Å². The van der Waals surface area contributed by atoms with E-state index in [2.05, 4.69) is 10.3 Å². The lowest BCUT2D eigenvalue weighted by molar-refractivity contribution is 0.173. The molecule has 3 rings (SSSR count). The molecule has 104 valence electrons. The van der Waals surface area contributed by atoms with E-state index in [1.165, 1.54) is 0 Å². The first-order valence-corrected chi connectivity index (χ1v) is 6.47. The number of hydrogen-bond donors (Lipinski definition) is 1. The van der Waals surface area contributed by atoms with Crippen LogP contribution in [0.25, 0.3) is 0 Å². The Balaban J connectivity index is 1.65. The predicted molar refractivity (Wildman–Crippen MR) is 73.9 cm³/mol. The van der Waals surface area contributed by atoms with E-state index in [1.807, 2.05) is 43.4 Å². The van der Waals surface area contributed by atoms with E-state index < -0.39 is 0 Å². The second-order valence-corrected chi connectivity index (χ2v) is 4.45. The van der Waals surface area contributed by atoms with Crippen LogP contribution in [-0.2, 0) is 13.2 Å². The summed E-state index contributed by atoms with van der Waals surface area (Å²) < 4.78 is 16.3. The molecule has 0 aliphatic carbocycles. The molecule has 0 bridgehead atoms. The molecule has 0 radical (unpaired) electrons. The van der Waals surface area contributed by atoms with Crippen molar-refractivity contribution in [3.63, 3.8) is 0 Å². The van der Waals surface area contributed by atoms with Gasteiger partial charge in [0.15, 0.2) is 11.5 Å². The quantitative estimate of drug-likeness (QED) is 0.903. The van der Waals surface area contributed by atoms with E-state index in [0.717, 1.165) is 35.2 Å². The van der Waals surface area contributed by atoms with Gasteiger partial charge in [0.05, 0.1) is 11.4 Å². The van der Waals surface area contributed by atoms with Crippen LogP contribution in [0.5, 0.6) is 17.2 Å². The van der Waals surface area contributed by atoms with Gasteiger partial charge in [0.25, 0.3) is 0 Å². The third-order valence-electron chi connectivity index (χ3n) is 2.95. The smallest absolute Gasteiger partial charge is 0.231 e. The zero-order chi connectivity index (χ0) is 13.8. The number of aromatic nitrogens is 1. The van der Waals surface area contributed by atoms with Crippen LogP contribution >= 0.6 is 0 Å². The molecule has 0 amide bonds. The first-order chi connectivity index (χ1) is 9.85. The molecule has 1 aliphatic rings. The fourth-order valence-electron chi connectivity index (χ4n) is 2.01. The summed E-state index contributed by atoms with van der Waals surface area (Å²) in [5.41, 5.74) is 1.90. The summed E-state index contributed by atoms with van der Waals surface area (Å²) >= 11 is 0. The average Bonchev–Trinajstić information content (AvgIpc) is 2.93. The van der Waals surface area contributed by atoms with E-state index in [4.69, 9.17) is 14.2 Å². The van der Waals surface area contributed by atoms with Gasteiger partial charge in [-0.15, -0.1) is 0 Å². The normalized spacial score (nSPS) is 12.4. The summed E-state index contributed by atoms with van der Waals surface area (Å²) in [6.07, 6.45) is 0. The van der Waals surface area contributed by atoms with Crippen molar-refractivity contribution in [2.24, 2.45) is 0 Å². The number of benzene rings is 1. The fourth-order valence-corrected chi connectivity index (χ4v) is 2.01. The van der Waals surface area contributed by atoms with Gasteiger partial charge in [-0.3, -0.25) is 4.98 Å². The molecule has 0 spiro atoms. The largest absolute Gasteiger partial charge is 0.487 e. The number of nitrogens with zero attached hydrogens (tertiary/aromatic N) is 1. The van der Waals surface area contributed by atoms with Gasteiger partial charge in [0.1, 0.15) is 12.4 Å². The van der Waals surface area contributed by atoms with Crippen LogP contribution in [0.15, 0.2) is 36.4 Å². The van der Waals surface area contributed by atoms with Gasteiger partial charge in [-0.1, -0.05) is 6.07 Å². The maximum atomic E-state index is 5.73. The van der Waals surface area contributed by atoms with Crippen molar-refractivity contribution in [2.45, 2.75) is 13.2 Å². The van der Waals surface area contributed by atoms with Crippen LogP contribution < -0.4 is 19.5 Å². The standard InChI is InChI=1S/C15H16N2O3/c1-16-8-11-3-2-4-12(17-11)9-18-13-5-6-14-15(7-13)20-10-19-14/h2-7,16H,8-10H2,1H3. The summed E-state index contributed by atoms with van der Waals surface area (Å²) in [6.45, 7) is 1.45. The van der Waals surface area contributed by atoms with Crippen molar-refractivity contribution in [3.05, 3.63) is 47.8 Å². The van der Waals surface area contributed by atoms with Crippen LogP contribution in [0.4, 0.5) is 0 Å². The molecular formula is C15H16N2O3. The van der Waals surface area contributed by atoms with Gasteiger partial charge in [0, 0.05) is 12.6 Å². The van der Waals surface area contributed by atoms with E-state index in [0.29, 0.717) is 6.61 Å². The Morgan fingerprint density at radius 3 is 2.90 bits per heavy atom. The minimum absolute atomic E-state index is 0.270. The Morgan fingerprint density at radius 2 is 2.00 bits per heavy atom. The van der Waals surface area contributed by atoms with Gasteiger partial charge >= 0.3 is 0 Å². The van der Waals surface area contributed by atoms with Crippen LogP contribution in [0.3, 0.4) is 0 Å². The van der Waals surface area contributed by atoms with Crippen molar-refractivity contribution < 1.29 is 14.2 Å². The molecule has 2 aromatic rings. The highest BCUT2D eigenvalue weighted by Gasteiger charge is 2.13. The number of nitrogens with one attached hydrogen (secondary N) is 1.